The Morgan fingerprint density at radius 2 is 1.55 bits per heavy atom. The highest BCUT2D eigenvalue weighted by Crippen LogP contribution is 2.53. The molecule has 0 unspecified atom stereocenters. The van der Waals surface area contributed by atoms with Crippen LogP contribution >= 0.6 is 0 Å². The molecule has 0 radical (unpaired) electrons. The molecule has 1 aliphatic rings. The van der Waals surface area contributed by atoms with Crippen molar-refractivity contribution in [2.75, 3.05) is 7.11 Å². The standard InChI is InChI=1S/C25H33FO.C2H6/c1-7-17-8-10-20(22-13-19(27-6)9-11-23(22)26)21(12-17)18-14-24(2,3)16-25(4,5)15-18;1-2/h8-13,18H,7,14-16H2,1-6H3;1-2H3. The predicted molar refractivity (Wildman–Crippen MR) is 123 cm³/mol. The molecule has 0 amide bonds. The van der Waals surface area contributed by atoms with Crippen LogP contribution in [0.5, 0.6) is 5.75 Å². The van der Waals surface area contributed by atoms with Crippen LogP contribution in [0, 0.1) is 16.6 Å². The number of halogens is 1. The zero-order chi connectivity index (χ0) is 21.8. The number of ether oxygens (including phenoxy) is 1. The van der Waals surface area contributed by atoms with Crippen molar-refractivity contribution in [3.05, 3.63) is 53.3 Å². The molecule has 1 aliphatic carbocycles. The van der Waals surface area contributed by atoms with Gasteiger partial charge in [-0.15, -0.1) is 0 Å². The van der Waals surface area contributed by atoms with Gasteiger partial charge in [-0.1, -0.05) is 66.7 Å². The predicted octanol–water partition coefficient (Wildman–Crippen LogP) is 8.41. The second kappa shape index (κ2) is 9.32. The van der Waals surface area contributed by atoms with E-state index in [1.54, 1.807) is 13.2 Å². The number of rotatable bonds is 4. The molecule has 0 bridgehead atoms. The van der Waals surface area contributed by atoms with Crippen molar-refractivity contribution in [3.63, 3.8) is 0 Å². The van der Waals surface area contributed by atoms with Crippen LogP contribution in [0.25, 0.3) is 11.1 Å². The first kappa shape index (κ1) is 23.4. The molecule has 2 aromatic rings. The minimum Gasteiger partial charge on any atom is -0.497 e. The number of hydrogen-bond donors (Lipinski definition) is 0. The quantitative estimate of drug-likeness (QED) is 0.502. The Labute approximate surface area is 177 Å². The lowest BCUT2D eigenvalue weighted by Gasteiger charge is -2.45. The van der Waals surface area contributed by atoms with Crippen molar-refractivity contribution in [2.24, 2.45) is 10.8 Å². The van der Waals surface area contributed by atoms with Crippen molar-refractivity contribution < 1.29 is 9.13 Å². The van der Waals surface area contributed by atoms with Gasteiger partial charge in [-0.25, -0.2) is 4.39 Å². The molecular formula is C27H39FO. The second-order valence-corrected chi connectivity index (χ2v) is 9.73. The maximum absolute atomic E-state index is 14.8. The van der Waals surface area contributed by atoms with Crippen LogP contribution in [0.3, 0.4) is 0 Å². The zero-order valence-electron chi connectivity index (χ0n) is 19.7. The van der Waals surface area contributed by atoms with E-state index in [2.05, 4.69) is 52.8 Å². The number of aryl methyl sites for hydroxylation is 1. The summed E-state index contributed by atoms with van der Waals surface area (Å²) in [6.45, 7) is 15.7. The van der Waals surface area contributed by atoms with Crippen molar-refractivity contribution in [2.45, 2.75) is 80.1 Å². The van der Waals surface area contributed by atoms with Crippen molar-refractivity contribution >= 4 is 0 Å². The van der Waals surface area contributed by atoms with Crippen molar-refractivity contribution in [1.82, 2.24) is 0 Å². The average Bonchev–Trinajstić information content (AvgIpc) is 2.67. The number of methoxy groups -OCH3 is 1. The van der Waals surface area contributed by atoms with E-state index in [1.165, 1.54) is 23.6 Å². The third-order valence-corrected chi connectivity index (χ3v) is 5.98. The number of benzene rings is 2. The molecule has 0 aliphatic heterocycles. The fourth-order valence-corrected chi connectivity index (χ4v) is 5.32. The molecule has 0 saturated heterocycles. The Morgan fingerprint density at radius 1 is 0.931 bits per heavy atom. The molecule has 29 heavy (non-hydrogen) atoms. The summed E-state index contributed by atoms with van der Waals surface area (Å²) in [5.74, 6) is 0.952. The Morgan fingerprint density at radius 3 is 2.10 bits per heavy atom. The Hall–Kier alpha value is -1.83. The first-order chi connectivity index (χ1) is 13.6. The van der Waals surface area contributed by atoms with E-state index in [4.69, 9.17) is 4.74 Å². The molecule has 1 nitrogen and oxygen atoms in total. The van der Waals surface area contributed by atoms with Gasteiger partial charge in [0.25, 0.3) is 0 Å². The molecule has 1 saturated carbocycles. The van der Waals surface area contributed by atoms with E-state index in [0.29, 0.717) is 28.1 Å². The van der Waals surface area contributed by atoms with Gasteiger partial charge in [0.05, 0.1) is 7.11 Å². The van der Waals surface area contributed by atoms with E-state index in [9.17, 15) is 4.39 Å². The first-order valence-electron chi connectivity index (χ1n) is 11.1. The summed E-state index contributed by atoms with van der Waals surface area (Å²) in [5.41, 5.74) is 4.85. The Kier molecular flexibility index (Phi) is 7.54. The van der Waals surface area contributed by atoms with Gasteiger partial charge in [0, 0.05) is 5.56 Å². The molecule has 0 spiro atoms. The first-order valence-corrected chi connectivity index (χ1v) is 11.1. The van der Waals surface area contributed by atoms with Gasteiger partial charge < -0.3 is 4.74 Å². The summed E-state index contributed by atoms with van der Waals surface area (Å²) >= 11 is 0. The summed E-state index contributed by atoms with van der Waals surface area (Å²) in [4.78, 5) is 0. The maximum Gasteiger partial charge on any atom is 0.131 e. The lowest BCUT2D eigenvalue weighted by Crippen LogP contribution is -2.33. The van der Waals surface area contributed by atoms with Crippen LogP contribution in [-0.2, 0) is 6.42 Å². The van der Waals surface area contributed by atoms with Crippen LogP contribution < -0.4 is 4.74 Å². The third-order valence-electron chi connectivity index (χ3n) is 5.98. The van der Waals surface area contributed by atoms with Crippen LogP contribution in [0.2, 0.25) is 0 Å². The topological polar surface area (TPSA) is 9.23 Å². The summed E-state index contributed by atoms with van der Waals surface area (Å²) in [6, 6.07) is 11.6. The Bertz CT molecular complexity index is 803. The molecule has 0 heterocycles. The summed E-state index contributed by atoms with van der Waals surface area (Å²) in [7, 11) is 1.63. The lowest BCUT2D eigenvalue weighted by molar-refractivity contribution is 0.0970. The minimum absolute atomic E-state index is 0.185. The highest BCUT2D eigenvalue weighted by molar-refractivity contribution is 5.70. The average molecular weight is 399 g/mol. The molecule has 2 aromatic carbocycles. The van der Waals surface area contributed by atoms with Gasteiger partial charge >= 0.3 is 0 Å². The van der Waals surface area contributed by atoms with E-state index >= 15 is 0 Å². The van der Waals surface area contributed by atoms with Crippen LogP contribution in [-0.4, -0.2) is 7.11 Å². The van der Waals surface area contributed by atoms with Crippen LogP contribution in [0.15, 0.2) is 36.4 Å². The molecule has 0 N–H and O–H groups in total. The highest BCUT2D eigenvalue weighted by atomic mass is 19.1. The molecule has 0 atom stereocenters. The van der Waals surface area contributed by atoms with Gasteiger partial charge in [-0.2, -0.15) is 0 Å². The monoisotopic (exact) mass is 398 g/mol. The third kappa shape index (κ3) is 5.62. The van der Waals surface area contributed by atoms with Crippen molar-refractivity contribution in [1.29, 1.82) is 0 Å². The van der Waals surface area contributed by atoms with E-state index < -0.39 is 0 Å². The largest absolute Gasteiger partial charge is 0.497 e. The lowest BCUT2D eigenvalue weighted by atomic mass is 9.59. The maximum atomic E-state index is 14.8. The van der Waals surface area contributed by atoms with E-state index in [-0.39, 0.29) is 5.82 Å². The van der Waals surface area contributed by atoms with Crippen molar-refractivity contribution in [3.8, 4) is 16.9 Å². The minimum atomic E-state index is -0.185. The summed E-state index contributed by atoms with van der Waals surface area (Å²) < 4.78 is 20.1. The molecule has 160 valence electrons. The fraction of sp³-hybridized carbons (Fsp3) is 0.556. The van der Waals surface area contributed by atoms with Gasteiger partial charge in [-0.3, -0.25) is 0 Å². The second-order valence-electron chi connectivity index (χ2n) is 9.73. The SMILES string of the molecule is CC.CCc1ccc(-c2cc(OC)ccc2F)c(C2CC(C)(C)CC(C)(C)C2)c1. The fourth-order valence-electron chi connectivity index (χ4n) is 5.32. The van der Waals surface area contributed by atoms with Gasteiger partial charge in [0.2, 0.25) is 0 Å². The van der Waals surface area contributed by atoms with Crippen LogP contribution in [0.4, 0.5) is 4.39 Å². The highest BCUT2D eigenvalue weighted by Gasteiger charge is 2.39. The van der Waals surface area contributed by atoms with E-state index in [1.807, 2.05) is 19.9 Å². The molecule has 3 rings (SSSR count). The molecule has 2 heteroatoms. The Balaban J connectivity index is 0.00000145. The molecular weight excluding hydrogens is 359 g/mol. The zero-order valence-corrected chi connectivity index (χ0v) is 19.7. The molecule has 0 aromatic heterocycles. The van der Waals surface area contributed by atoms with E-state index in [0.717, 1.165) is 24.8 Å². The summed E-state index contributed by atoms with van der Waals surface area (Å²) in [6.07, 6.45) is 4.50. The normalized spacial score (nSPS) is 18.0. The molecule has 1 fully saturated rings. The van der Waals surface area contributed by atoms with Gasteiger partial charge in [-0.05, 0) is 77.3 Å². The smallest absolute Gasteiger partial charge is 0.131 e. The van der Waals surface area contributed by atoms with Crippen LogP contribution in [0.1, 0.15) is 84.8 Å². The van der Waals surface area contributed by atoms with Gasteiger partial charge in [0.1, 0.15) is 11.6 Å². The number of hydrogen-bond acceptors (Lipinski definition) is 1. The summed E-state index contributed by atoms with van der Waals surface area (Å²) in [5, 5.41) is 0. The van der Waals surface area contributed by atoms with Gasteiger partial charge in [0.15, 0.2) is 0 Å².